The van der Waals surface area contributed by atoms with Crippen LogP contribution in [-0.2, 0) is 6.54 Å². The van der Waals surface area contributed by atoms with Crippen LogP contribution in [0.25, 0.3) is 0 Å². The van der Waals surface area contributed by atoms with Gasteiger partial charge in [0.1, 0.15) is 5.76 Å². The third-order valence-electron chi connectivity index (χ3n) is 4.90. The first-order valence-corrected chi connectivity index (χ1v) is 9.36. The smallest absolute Gasteiger partial charge is 0.317 e. The first kappa shape index (κ1) is 18.2. The average Bonchev–Trinajstić information content (AvgIpc) is 3.21. The molecule has 1 saturated heterocycles. The summed E-state index contributed by atoms with van der Waals surface area (Å²) in [4.78, 5) is 18.8. The van der Waals surface area contributed by atoms with Gasteiger partial charge >= 0.3 is 6.03 Å². The second-order valence-corrected chi connectivity index (χ2v) is 6.40. The molecule has 0 bridgehead atoms. The van der Waals surface area contributed by atoms with Crippen LogP contribution >= 0.6 is 0 Å². The van der Waals surface area contributed by atoms with Crippen LogP contribution in [0.4, 0.5) is 16.2 Å². The van der Waals surface area contributed by atoms with Crippen molar-refractivity contribution in [3.63, 3.8) is 0 Å². The highest BCUT2D eigenvalue weighted by Gasteiger charge is 2.21. The second-order valence-electron chi connectivity index (χ2n) is 6.40. The fourth-order valence-electron chi connectivity index (χ4n) is 3.32. The molecule has 2 aromatic rings. The summed E-state index contributed by atoms with van der Waals surface area (Å²) in [7, 11) is 0. The van der Waals surface area contributed by atoms with E-state index in [1.54, 1.807) is 6.26 Å². The highest BCUT2D eigenvalue weighted by molar-refractivity contribution is 5.74. The Hall–Kier alpha value is -2.63. The number of nitrogens with zero attached hydrogens (tertiary/aromatic N) is 3. The minimum Gasteiger partial charge on any atom is -0.467 e. The number of anilines is 2. The van der Waals surface area contributed by atoms with Gasteiger partial charge in [0.15, 0.2) is 0 Å². The van der Waals surface area contributed by atoms with Crippen LogP contribution in [0.5, 0.6) is 0 Å². The van der Waals surface area contributed by atoms with Crippen LogP contribution in [0.3, 0.4) is 0 Å². The molecule has 0 saturated carbocycles. The molecule has 0 radical (unpaired) electrons. The monoisotopic (exact) mass is 356 g/mol. The van der Waals surface area contributed by atoms with Crippen LogP contribution in [-0.4, -0.2) is 50.2 Å². The summed E-state index contributed by atoms with van der Waals surface area (Å²) in [5, 5.41) is 2.91. The van der Waals surface area contributed by atoms with Crippen molar-refractivity contribution in [3.05, 3.63) is 48.4 Å². The molecule has 26 heavy (non-hydrogen) atoms. The minimum absolute atomic E-state index is 0.0297. The molecule has 0 spiro atoms. The maximum Gasteiger partial charge on any atom is 0.317 e. The number of amides is 2. The van der Waals surface area contributed by atoms with Crippen molar-refractivity contribution in [1.29, 1.82) is 0 Å². The second kappa shape index (κ2) is 8.65. The number of furan rings is 1. The summed E-state index contributed by atoms with van der Waals surface area (Å²) in [6.45, 7) is 9.95. The molecule has 0 aliphatic carbocycles. The van der Waals surface area contributed by atoms with Gasteiger partial charge in [0, 0.05) is 50.6 Å². The lowest BCUT2D eigenvalue weighted by Gasteiger charge is -2.36. The molecular weight excluding hydrogens is 328 g/mol. The van der Waals surface area contributed by atoms with E-state index < -0.39 is 0 Å². The molecule has 0 atom stereocenters. The van der Waals surface area contributed by atoms with Crippen molar-refractivity contribution in [1.82, 2.24) is 10.2 Å². The molecule has 1 aromatic carbocycles. The molecule has 2 heterocycles. The van der Waals surface area contributed by atoms with Crippen LogP contribution in [0.2, 0.25) is 0 Å². The lowest BCUT2D eigenvalue weighted by molar-refractivity contribution is 0.193. The normalized spacial score (nSPS) is 14.4. The number of benzene rings is 1. The molecule has 1 aromatic heterocycles. The van der Waals surface area contributed by atoms with Gasteiger partial charge in [-0.25, -0.2) is 4.79 Å². The topological polar surface area (TPSA) is 52.0 Å². The van der Waals surface area contributed by atoms with Crippen molar-refractivity contribution >= 4 is 17.4 Å². The van der Waals surface area contributed by atoms with Gasteiger partial charge in [0.2, 0.25) is 0 Å². The molecule has 0 unspecified atom stereocenters. The Kier molecular flexibility index (Phi) is 6.04. The molecule has 1 N–H and O–H groups in total. The molecule has 2 amide bonds. The van der Waals surface area contributed by atoms with Gasteiger partial charge < -0.3 is 24.4 Å². The number of hydrogen-bond acceptors (Lipinski definition) is 4. The van der Waals surface area contributed by atoms with Gasteiger partial charge in [0.25, 0.3) is 0 Å². The van der Waals surface area contributed by atoms with Gasteiger partial charge in [-0.3, -0.25) is 0 Å². The molecule has 3 rings (SSSR count). The van der Waals surface area contributed by atoms with Crippen molar-refractivity contribution in [2.45, 2.75) is 20.4 Å². The lowest BCUT2D eigenvalue weighted by Crippen LogP contribution is -2.51. The zero-order valence-corrected chi connectivity index (χ0v) is 15.6. The molecule has 6 nitrogen and oxygen atoms in total. The quantitative estimate of drug-likeness (QED) is 0.864. The van der Waals surface area contributed by atoms with Crippen molar-refractivity contribution in [3.8, 4) is 0 Å². The van der Waals surface area contributed by atoms with Crippen LogP contribution in [0, 0.1) is 0 Å². The maximum absolute atomic E-state index is 12.3. The van der Waals surface area contributed by atoms with Gasteiger partial charge in [-0.15, -0.1) is 0 Å². The number of nitrogens with one attached hydrogen (secondary N) is 1. The summed E-state index contributed by atoms with van der Waals surface area (Å²) in [5.41, 5.74) is 2.48. The third kappa shape index (κ3) is 4.31. The highest BCUT2D eigenvalue weighted by atomic mass is 16.3. The molecule has 1 fully saturated rings. The SMILES string of the molecule is CCN(CC)c1ccc(N2CCN(C(=O)NCc3ccco3)CC2)cc1. The van der Waals surface area contributed by atoms with E-state index in [4.69, 9.17) is 4.42 Å². The molecule has 1 aliphatic heterocycles. The Bertz CT molecular complexity index is 672. The number of carbonyl (C=O) groups is 1. The van der Waals surface area contributed by atoms with E-state index in [9.17, 15) is 4.79 Å². The summed E-state index contributed by atoms with van der Waals surface area (Å²) >= 11 is 0. The third-order valence-corrected chi connectivity index (χ3v) is 4.90. The van der Waals surface area contributed by atoms with Crippen molar-refractivity contribution < 1.29 is 9.21 Å². The van der Waals surface area contributed by atoms with Gasteiger partial charge in [-0.05, 0) is 50.2 Å². The predicted octanol–water partition coefficient (Wildman–Crippen LogP) is 3.16. The fourth-order valence-corrected chi connectivity index (χ4v) is 3.32. The first-order chi connectivity index (χ1) is 12.7. The number of urea groups is 1. The largest absolute Gasteiger partial charge is 0.467 e. The van der Waals surface area contributed by atoms with E-state index in [1.807, 2.05) is 17.0 Å². The van der Waals surface area contributed by atoms with E-state index >= 15 is 0 Å². The van der Waals surface area contributed by atoms with Crippen molar-refractivity contribution in [2.75, 3.05) is 49.1 Å². The fraction of sp³-hybridized carbons (Fsp3) is 0.450. The van der Waals surface area contributed by atoms with Gasteiger partial charge in [0.05, 0.1) is 12.8 Å². The molecular formula is C20H28N4O2. The summed E-state index contributed by atoms with van der Waals surface area (Å²) in [5.74, 6) is 0.769. The summed E-state index contributed by atoms with van der Waals surface area (Å²) < 4.78 is 5.24. The van der Waals surface area contributed by atoms with Gasteiger partial charge in [-0.1, -0.05) is 0 Å². The number of piperazine rings is 1. The zero-order valence-electron chi connectivity index (χ0n) is 15.6. The van der Waals surface area contributed by atoms with Crippen LogP contribution in [0.1, 0.15) is 19.6 Å². The van der Waals surface area contributed by atoms with E-state index in [1.165, 1.54) is 11.4 Å². The highest BCUT2D eigenvalue weighted by Crippen LogP contribution is 2.22. The van der Waals surface area contributed by atoms with E-state index in [-0.39, 0.29) is 6.03 Å². The maximum atomic E-state index is 12.3. The Morgan fingerprint density at radius 2 is 1.77 bits per heavy atom. The van der Waals surface area contributed by atoms with Crippen LogP contribution < -0.4 is 15.1 Å². The average molecular weight is 356 g/mol. The van der Waals surface area contributed by atoms with E-state index in [0.717, 1.165) is 45.0 Å². The van der Waals surface area contributed by atoms with Crippen LogP contribution in [0.15, 0.2) is 47.1 Å². The molecule has 6 heteroatoms. The molecule has 1 aliphatic rings. The Morgan fingerprint density at radius 1 is 1.08 bits per heavy atom. The minimum atomic E-state index is -0.0297. The Labute approximate surface area is 155 Å². The molecule has 140 valence electrons. The number of rotatable bonds is 6. The first-order valence-electron chi connectivity index (χ1n) is 9.36. The van der Waals surface area contributed by atoms with Crippen molar-refractivity contribution in [2.24, 2.45) is 0 Å². The standard InChI is InChI=1S/C20H28N4O2/c1-3-22(4-2)17-7-9-18(10-8-17)23-11-13-24(14-12-23)20(25)21-16-19-6-5-15-26-19/h5-10,15H,3-4,11-14,16H2,1-2H3,(H,21,25). The zero-order chi connectivity index (χ0) is 18.4. The van der Waals surface area contributed by atoms with Gasteiger partial charge in [-0.2, -0.15) is 0 Å². The number of carbonyl (C=O) groups excluding carboxylic acids is 1. The predicted molar refractivity (Wildman–Crippen MR) is 105 cm³/mol. The Morgan fingerprint density at radius 3 is 2.35 bits per heavy atom. The number of hydrogen-bond donors (Lipinski definition) is 1. The van der Waals surface area contributed by atoms with E-state index in [2.05, 4.69) is 53.2 Å². The Balaban J connectivity index is 1.49. The van der Waals surface area contributed by atoms with E-state index in [0.29, 0.717) is 6.54 Å². The lowest BCUT2D eigenvalue weighted by atomic mass is 10.2. The summed E-state index contributed by atoms with van der Waals surface area (Å²) in [6.07, 6.45) is 1.62. The summed E-state index contributed by atoms with van der Waals surface area (Å²) in [6, 6.07) is 12.4.